The van der Waals surface area contributed by atoms with Gasteiger partial charge in [-0.2, -0.15) is 5.10 Å². The number of methoxy groups -OCH3 is 1. The van der Waals surface area contributed by atoms with Crippen molar-refractivity contribution in [1.29, 1.82) is 0 Å². The highest BCUT2D eigenvalue weighted by atomic mass is 16.5. The first-order chi connectivity index (χ1) is 16.9. The smallest absolute Gasteiger partial charge is 0.256 e. The molecule has 0 saturated carbocycles. The lowest BCUT2D eigenvalue weighted by molar-refractivity contribution is 0.0947. The lowest BCUT2D eigenvalue weighted by Crippen LogP contribution is -2.32. The SMILES string of the molecule is COc1cc(=O)n2c(c1C(=O)NCCCn1cccn1)CCN(Cc1cc(C)c(C)cc1C)CC2. The Morgan fingerprint density at radius 1 is 1.09 bits per heavy atom. The fraction of sp³-hybridized carbons (Fsp3) is 0.444. The van der Waals surface area contributed by atoms with E-state index in [1.807, 2.05) is 16.9 Å². The molecule has 8 heteroatoms. The minimum atomic E-state index is -0.204. The number of rotatable bonds is 8. The van der Waals surface area contributed by atoms with E-state index in [1.54, 1.807) is 10.8 Å². The Balaban J connectivity index is 1.50. The Morgan fingerprint density at radius 3 is 2.63 bits per heavy atom. The zero-order valence-electron chi connectivity index (χ0n) is 21.1. The van der Waals surface area contributed by atoms with Gasteiger partial charge in [0.1, 0.15) is 11.3 Å². The number of fused-ring (bicyclic) bond motifs is 1. The summed E-state index contributed by atoms with van der Waals surface area (Å²) in [5, 5.41) is 7.20. The summed E-state index contributed by atoms with van der Waals surface area (Å²) >= 11 is 0. The second kappa shape index (κ2) is 10.9. The van der Waals surface area contributed by atoms with Gasteiger partial charge in [-0.3, -0.25) is 19.2 Å². The Hall–Kier alpha value is -3.39. The van der Waals surface area contributed by atoms with E-state index >= 15 is 0 Å². The normalized spacial score (nSPS) is 13.8. The lowest BCUT2D eigenvalue weighted by Gasteiger charge is -2.21. The van der Waals surface area contributed by atoms with Crippen molar-refractivity contribution in [1.82, 2.24) is 24.6 Å². The minimum absolute atomic E-state index is 0.128. The molecule has 1 N–H and O–H groups in total. The zero-order valence-corrected chi connectivity index (χ0v) is 21.1. The Morgan fingerprint density at radius 2 is 1.89 bits per heavy atom. The van der Waals surface area contributed by atoms with Crippen LogP contribution >= 0.6 is 0 Å². The van der Waals surface area contributed by atoms with Gasteiger partial charge in [0.25, 0.3) is 11.5 Å². The molecular weight excluding hydrogens is 442 g/mol. The molecule has 0 unspecified atom stereocenters. The largest absolute Gasteiger partial charge is 0.496 e. The predicted octanol–water partition coefficient (Wildman–Crippen LogP) is 2.86. The average Bonchev–Trinajstić information content (AvgIpc) is 3.26. The van der Waals surface area contributed by atoms with Crippen LogP contribution in [0.4, 0.5) is 0 Å². The lowest BCUT2D eigenvalue weighted by atomic mass is 10.0. The van der Waals surface area contributed by atoms with Gasteiger partial charge in [0, 0.05) is 69.8 Å². The standard InChI is InChI=1S/C27H35N5O3/c1-19-15-21(3)22(16-20(19)2)18-30-12-7-23-26(24(35-4)17-25(33)32(23)14-13-30)27(34)28-8-5-10-31-11-6-9-29-31/h6,9,11,15-17H,5,7-8,10,12-14,18H2,1-4H3,(H,28,34). The molecule has 35 heavy (non-hydrogen) atoms. The van der Waals surface area contributed by atoms with E-state index in [0.29, 0.717) is 30.8 Å². The van der Waals surface area contributed by atoms with Gasteiger partial charge in [0.2, 0.25) is 0 Å². The first kappa shape index (κ1) is 24.7. The number of aryl methyl sites for hydroxylation is 4. The van der Waals surface area contributed by atoms with Crippen molar-refractivity contribution in [3.8, 4) is 5.75 Å². The second-order valence-electron chi connectivity index (χ2n) is 9.29. The van der Waals surface area contributed by atoms with Gasteiger partial charge in [-0.1, -0.05) is 12.1 Å². The molecule has 0 saturated heterocycles. The first-order valence-electron chi connectivity index (χ1n) is 12.2. The van der Waals surface area contributed by atoms with E-state index < -0.39 is 0 Å². The van der Waals surface area contributed by atoms with Crippen molar-refractivity contribution < 1.29 is 9.53 Å². The number of nitrogens with zero attached hydrogens (tertiary/aromatic N) is 4. The third-order valence-corrected chi connectivity index (χ3v) is 6.89. The Kier molecular flexibility index (Phi) is 7.70. The van der Waals surface area contributed by atoms with Gasteiger partial charge in [-0.25, -0.2) is 0 Å². The Labute approximate surface area is 206 Å². The summed E-state index contributed by atoms with van der Waals surface area (Å²) in [6.45, 7) is 10.5. The fourth-order valence-electron chi connectivity index (χ4n) is 4.75. The van der Waals surface area contributed by atoms with Gasteiger partial charge in [-0.15, -0.1) is 0 Å². The van der Waals surface area contributed by atoms with Crippen molar-refractivity contribution in [3.05, 3.63) is 80.5 Å². The van der Waals surface area contributed by atoms with Crippen molar-refractivity contribution in [2.24, 2.45) is 0 Å². The summed E-state index contributed by atoms with van der Waals surface area (Å²) in [4.78, 5) is 28.5. The van der Waals surface area contributed by atoms with Crippen molar-refractivity contribution in [3.63, 3.8) is 0 Å². The number of carbonyl (C=O) groups is 1. The number of aromatic nitrogens is 3. The first-order valence-corrected chi connectivity index (χ1v) is 12.2. The average molecular weight is 478 g/mol. The van der Waals surface area contributed by atoms with Gasteiger partial charge in [-0.05, 0) is 55.5 Å². The summed E-state index contributed by atoms with van der Waals surface area (Å²) in [6.07, 6.45) is 5.00. The number of ether oxygens (including phenoxy) is 1. The number of pyridine rings is 1. The van der Waals surface area contributed by atoms with E-state index in [0.717, 1.165) is 38.3 Å². The fourth-order valence-corrected chi connectivity index (χ4v) is 4.75. The maximum absolute atomic E-state index is 13.2. The van der Waals surface area contributed by atoms with E-state index in [-0.39, 0.29) is 11.5 Å². The summed E-state index contributed by atoms with van der Waals surface area (Å²) in [7, 11) is 1.51. The highest BCUT2D eigenvalue weighted by Gasteiger charge is 2.25. The van der Waals surface area contributed by atoms with Gasteiger partial charge >= 0.3 is 0 Å². The van der Waals surface area contributed by atoms with Crippen LogP contribution in [0.25, 0.3) is 0 Å². The molecule has 0 spiro atoms. The maximum atomic E-state index is 13.2. The molecule has 8 nitrogen and oxygen atoms in total. The molecule has 4 rings (SSSR count). The molecular formula is C27H35N5O3. The van der Waals surface area contributed by atoms with Crippen LogP contribution in [0, 0.1) is 20.8 Å². The topological polar surface area (TPSA) is 81.4 Å². The van der Waals surface area contributed by atoms with Crippen LogP contribution in [0.5, 0.6) is 5.75 Å². The van der Waals surface area contributed by atoms with Crippen LogP contribution in [0.15, 0.2) is 41.5 Å². The quantitative estimate of drug-likeness (QED) is 0.505. The number of carbonyl (C=O) groups excluding carboxylic acids is 1. The summed E-state index contributed by atoms with van der Waals surface area (Å²) in [6, 6.07) is 7.82. The van der Waals surface area contributed by atoms with Crippen LogP contribution in [-0.2, 0) is 26.1 Å². The van der Waals surface area contributed by atoms with Crippen LogP contribution in [-0.4, -0.2) is 51.9 Å². The molecule has 1 aromatic carbocycles. The molecule has 1 aliphatic rings. The van der Waals surface area contributed by atoms with Gasteiger partial charge in [0.05, 0.1) is 7.11 Å². The molecule has 0 radical (unpaired) electrons. The van der Waals surface area contributed by atoms with Gasteiger partial charge in [0.15, 0.2) is 0 Å². The van der Waals surface area contributed by atoms with Crippen molar-refractivity contribution in [2.45, 2.75) is 53.2 Å². The zero-order chi connectivity index (χ0) is 24.9. The number of benzene rings is 1. The third kappa shape index (κ3) is 5.65. The summed E-state index contributed by atoms with van der Waals surface area (Å²) in [5.41, 5.74) is 6.26. The molecule has 3 heterocycles. The molecule has 186 valence electrons. The van der Waals surface area contributed by atoms with E-state index in [1.165, 1.54) is 35.4 Å². The van der Waals surface area contributed by atoms with Crippen molar-refractivity contribution in [2.75, 3.05) is 26.7 Å². The molecule has 2 aromatic heterocycles. The number of nitrogens with one attached hydrogen (secondary N) is 1. The number of hydrogen-bond donors (Lipinski definition) is 1. The maximum Gasteiger partial charge on any atom is 0.256 e. The third-order valence-electron chi connectivity index (χ3n) is 6.89. The highest BCUT2D eigenvalue weighted by molar-refractivity contribution is 5.98. The van der Waals surface area contributed by atoms with Crippen LogP contribution < -0.4 is 15.6 Å². The Bertz CT molecular complexity index is 1250. The summed E-state index contributed by atoms with van der Waals surface area (Å²) < 4.78 is 9.06. The molecule has 3 aromatic rings. The second-order valence-corrected chi connectivity index (χ2v) is 9.29. The minimum Gasteiger partial charge on any atom is -0.496 e. The van der Waals surface area contributed by atoms with E-state index in [9.17, 15) is 9.59 Å². The molecule has 0 bridgehead atoms. The number of hydrogen-bond acceptors (Lipinski definition) is 5. The van der Waals surface area contributed by atoms with Crippen LogP contribution in [0.2, 0.25) is 0 Å². The van der Waals surface area contributed by atoms with Crippen LogP contribution in [0.1, 0.15) is 44.7 Å². The molecule has 0 aliphatic carbocycles. The van der Waals surface area contributed by atoms with Crippen LogP contribution in [0.3, 0.4) is 0 Å². The van der Waals surface area contributed by atoms with E-state index in [4.69, 9.17) is 4.74 Å². The van der Waals surface area contributed by atoms with Gasteiger partial charge < -0.3 is 14.6 Å². The van der Waals surface area contributed by atoms with Crippen molar-refractivity contribution >= 4 is 5.91 Å². The van der Waals surface area contributed by atoms with E-state index in [2.05, 4.69) is 48.2 Å². The molecule has 0 fully saturated rings. The summed E-state index contributed by atoms with van der Waals surface area (Å²) in [5.74, 6) is 0.133. The number of amides is 1. The predicted molar refractivity (Wildman–Crippen MR) is 136 cm³/mol. The molecule has 1 aliphatic heterocycles. The monoisotopic (exact) mass is 477 g/mol. The molecule has 1 amide bonds. The molecule has 0 atom stereocenters. The highest BCUT2D eigenvalue weighted by Crippen LogP contribution is 2.24.